The van der Waals surface area contributed by atoms with Gasteiger partial charge >= 0.3 is 0 Å². The van der Waals surface area contributed by atoms with Crippen molar-refractivity contribution in [1.82, 2.24) is 0 Å². The summed E-state index contributed by atoms with van der Waals surface area (Å²) >= 11 is 0. The smallest absolute Gasteiger partial charge is 0.143 e. The minimum atomic E-state index is -0.196. The van der Waals surface area contributed by atoms with E-state index >= 15 is 0 Å². The fraction of sp³-hybridized carbons (Fsp3) is 0.193. The summed E-state index contributed by atoms with van der Waals surface area (Å²) in [5, 5.41) is 4.61. The Labute approximate surface area is 348 Å². The van der Waals surface area contributed by atoms with Gasteiger partial charge in [-0.05, 0) is 96.9 Å². The molecule has 2 nitrogen and oxygen atoms in total. The van der Waals surface area contributed by atoms with Crippen LogP contribution in [0.2, 0.25) is 0 Å². The minimum absolute atomic E-state index is 0.0345. The highest BCUT2D eigenvalue weighted by Crippen LogP contribution is 2.54. The molecule has 0 fully saturated rings. The Bertz CT molecular complexity index is 3090. The average Bonchev–Trinajstić information content (AvgIpc) is 3.72. The van der Waals surface area contributed by atoms with Crippen molar-refractivity contribution < 1.29 is 4.42 Å². The number of para-hydroxylation sites is 2. The van der Waals surface area contributed by atoms with Gasteiger partial charge in [-0.25, -0.2) is 0 Å². The quantitative estimate of drug-likeness (QED) is 0.173. The number of hydrogen-bond acceptors (Lipinski definition) is 2. The van der Waals surface area contributed by atoms with E-state index in [0.29, 0.717) is 0 Å². The molecule has 9 aromatic rings. The lowest BCUT2D eigenvalue weighted by Gasteiger charge is -2.33. The van der Waals surface area contributed by atoms with Gasteiger partial charge in [0, 0.05) is 38.6 Å². The van der Waals surface area contributed by atoms with Gasteiger partial charge < -0.3 is 9.32 Å². The number of nitrogens with zero attached hydrogens (tertiary/aromatic N) is 1. The summed E-state index contributed by atoms with van der Waals surface area (Å²) in [7, 11) is 0. The molecular weight excluding hydrogens is 715 g/mol. The molecule has 0 saturated heterocycles. The normalized spacial score (nSPS) is 13.6. The summed E-state index contributed by atoms with van der Waals surface area (Å²) in [6, 6.07) is 60.7. The van der Waals surface area contributed by atoms with Crippen LogP contribution in [0, 0.1) is 0 Å². The molecule has 290 valence electrons. The lowest BCUT2D eigenvalue weighted by molar-refractivity contribution is 0.584. The van der Waals surface area contributed by atoms with Gasteiger partial charge in [-0.15, -0.1) is 0 Å². The summed E-state index contributed by atoms with van der Waals surface area (Å²) in [6.45, 7) is 18.6. The third-order valence-electron chi connectivity index (χ3n) is 12.8. The first-order valence-electron chi connectivity index (χ1n) is 21.0. The van der Waals surface area contributed by atoms with Crippen LogP contribution in [0.3, 0.4) is 0 Å². The Morgan fingerprint density at radius 2 is 1.07 bits per heavy atom. The van der Waals surface area contributed by atoms with Crippen LogP contribution in [0.5, 0.6) is 0 Å². The Morgan fingerprint density at radius 1 is 0.458 bits per heavy atom. The summed E-state index contributed by atoms with van der Waals surface area (Å²) in [4.78, 5) is 2.53. The summed E-state index contributed by atoms with van der Waals surface area (Å²) in [5.74, 6) is 0. The van der Waals surface area contributed by atoms with Gasteiger partial charge in [0.1, 0.15) is 11.2 Å². The van der Waals surface area contributed by atoms with E-state index in [1.165, 1.54) is 55.3 Å². The second-order valence-electron chi connectivity index (χ2n) is 19.0. The summed E-state index contributed by atoms with van der Waals surface area (Å²) in [6.07, 6.45) is 0. The molecule has 1 aromatic heterocycles. The van der Waals surface area contributed by atoms with E-state index in [0.717, 1.165) is 50.1 Å². The molecule has 1 aliphatic carbocycles. The molecule has 10 rings (SSSR count). The maximum Gasteiger partial charge on any atom is 0.143 e. The summed E-state index contributed by atoms with van der Waals surface area (Å²) in [5.41, 5.74) is 17.6. The molecule has 0 bridgehead atoms. The first-order chi connectivity index (χ1) is 28.3. The van der Waals surface area contributed by atoms with E-state index in [4.69, 9.17) is 4.42 Å². The van der Waals surface area contributed by atoms with Crippen LogP contribution in [-0.2, 0) is 16.2 Å². The minimum Gasteiger partial charge on any atom is -0.455 e. The van der Waals surface area contributed by atoms with Crippen LogP contribution in [0.25, 0.3) is 66.1 Å². The molecule has 0 N–H and O–H groups in total. The van der Waals surface area contributed by atoms with E-state index < -0.39 is 0 Å². The number of fused-ring (bicyclic) bond motifs is 7. The van der Waals surface area contributed by atoms with E-state index in [-0.39, 0.29) is 16.2 Å². The largest absolute Gasteiger partial charge is 0.455 e. The highest BCUT2D eigenvalue weighted by molar-refractivity contribution is 6.15. The van der Waals surface area contributed by atoms with Crippen molar-refractivity contribution in [2.75, 3.05) is 4.90 Å². The molecule has 0 amide bonds. The SMILES string of the molecule is CC(C)(C)c1ccc(N(c2ccc3c(c2)C(C)(C)c2cc(C(C)(C)C)ccc2-3)c2ccc3ccccc3c2-c2cccc3c2oc2ccccc23)c(-c2ccccc2)c1. The zero-order valence-electron chi connectivity index (χ0n) is 35.4. The monoisotopic (exact) mass is 765 g/mol. The van der Waals surface area contributed by atoms with Crippen molar-refractivity contribution in [3.8, 4) is 33.4 Å². The van der Waals surface area contributed by atoms with E-state index in [1.807, 2.05) is 0 Å². The first kappa shape index (κ1) is 36.9. The molecule has 2 heteroatoms. The predicted molar refractivity (Wildman–Crippen MR) is 252 cm³/mol. The predicted octanol–water partition coefficient (Wildman–Crippen LogP) is 16.4. The molecule has 59 heavy (non-hydrogen) atoms. The van der Waals surface area contributed by atoms with Crippen LogP contribution in [0.1, 0.15) is 77.6 Å². The second kappa shape index (κ2) is 13.3. The molecule has 1 heterocycles. The van der Waals surface area contributed by atoms with Crippen molar-refractivity contribution >= 4 is 49.8 Å². The Kier molecular flexibility index (Phi) is 8.34. The Balaban J connectivity index is 1.30. The van der Waals surface area contributed by atoms with Gasteiger partial charge in [-0.1, -0.05) is 183 Å². The Morgan fingerprint density at radius 3 is 1.83 bits per heavy atom. The fourth-order valence-corrected chi connectivity index (χ4v) is 9.46. The van der Waals surface area contributed by atoms with Crippen molar-refractivity contribution in [3.63, 3.8) is 0 Å². The van der Waals surface area contributed by atoms with Crippen molar-refractivity contribution in [1.29, 1.82) is 0 Å². The standard InChI is InChI=1S/C57H51NO/c1-55(2,3)38-27-32-50(47(33-38)36-17-10-9-11-18-36)58(40-28-30-43-42-29-26-39(56(4,5)6)34-48(42)57(7,8)49(43)35-40)51-31-25-37-19-12-13-20-41(37)53(51)46-23-16-22-45-44-21-14-15-24-52(44)59-54(45)46/h9-35H,1-8H3. The van der Waals surface area contributed by atoms with Crippen molar-refractivity contribution in [3.05, 3.63) is 186 Å². The number of rotatable bonds is 5. The molecule has 1 aliphatic rings. The molecule has 0 aliphatic heterocycles. The van der Waals surface area contributed by atoms with Gasteiger partial charge in [0.15, 0.2) is 0 Å². The number of anilines is 3. The topological polar surface area (TPSA) is 16.4 Å². The van der Waals surface area contributed by atoms with Crippen LogP contribution >= 0.6 is 0 Å². The highest BCUT2D eigenvalue weighted by atomic mass is 16.3. The van der Waals surface area contributed by atoms with Gasteiger partial charge in [0.05, 0.1) is 11.4 Å². The third-order valence-corrected chi connectivity index (χ3v) is 12.8. The number of hydrogen-bond donors (Lipinski definition) is 0. The van der Waals surface area contributed by atoms with E-state index in [2.05, 4.69) is 224 Å². The summed E-state index contributed by atoms with van der Waals surface area (Å²) < 4.78 is 6.82. The molecule has 0 unspecified atom stereocenters. The van der Waals surface area contributed by atoms with Gasteiger partial charge in [-0.2, -0.15) is 0 Å². The maximum atomic E-state index is 6.82. The van der Waals surface area contributed by atoms with E-state index in [1.54, 1.807) is 0 Å². The van der Waals surface area contributed by atoms with Crippen LogP contribution in [0.4, 0.5) is 17.1 Å². The number of furan rings is 1. The molecule has 8 aromatic carbocycles. The average molecular weight is 766 g/mol. The Hall–Kier alpha value is -6.38. The van der Waals surface area contributed by atoms with Gasteiger partial charge in [0.2, 0.25) is 0 Å². The second-order valence-corrected chi connectivity index (χ2v) is 19.0. The van der Waals surface area contributed by atoms with Crippen LogP contribution in [-0.4, -0.2) is 0 Å². The lowest BCUT2D eigenvalue weighted by Crippen LogP contribution is -2.19. The van der Waals surface area contributed by atoms with Crippen molar-refractivity contribution in [2.45, 2.75) is 71.6 Å². The number of benzene rings is 8. The lowest BCUT2D eigenvalue weighted by atomic mass is 9.79. The fourth-order valence-electron chi connectivity index (χ4n) is 9.46. The van der Waals surface area contributed by atoms with Gasteiger partial charge in [-0.3, -0.25) is 0 Å². The van der Waals surface area contributed by atoms with Crippen molar-refractivity contribution in [2.24, 2.45) is 0 Å². The maximum absolute atomic E-state index is 6.82. The molecular formula is C57H51NO. The molecule has 0 atom stereocenters. The zero-order valence-corrected chi connectivity index (χ0v) is 35.4. The third kappa shape index (κ3) is 5.99. The van der Waals surface area contributed by atoms with Crippen LogP contribution in [0.15, 0.2) is 168 Å². The molecule has 0 spiro atoms. The van der Waals surface area contributed by atoms with E-state index in [9.17, 15) is 0 Å². The zero-order chi connectivity index (χ0) is 40.8. The highest BCUT2D eigenvalue weighted by Gasteiger charge is 2.37. The first-order valence-corrected chi connectivity index (χ1v) is 21.0. The molecule has 0 radical (unpaired) electrons. The van der Waals surface area contributed by atoms with Gasteiger partial charge in [0.25, 0.3) is 0 Å². The molecule has 0 saturated carbocycles. The van der Waals surface area contributed by atoms with Crippen LogP contribution < -0.4 is 4.90 Å².